The molecule has 0 bridgehead atoms. The Morgan fingerprint density at radius 2 is 2.10 bits per heavy atom. The molecule has 0 saturated carbocycles. The molecule has 1 aromatic rings. The van der Waals surface area contributed by atoms with Crippen LogP contribution in [0.4, 0.5) is 0 Å². The van der Waals surface area contributed by atoms with E-state index in [1.807, 2.05) is 19.9 Å². The second-order valence-corrected chi connectivity index (χ2v) is 6.19. The second kappa shape index (κ2) is 7.40. The molecule has 2 amide bonds. The van der Waals surface area contributed by atoms with Gasteiger partial charge in [0, 0.05) is 23.9 Å². The van der Waals surface area contributed by atoms with Crippen molar-refractivity contribution in [2.75, 3.05) is 6.61 Å². The number of aliphatic hydroxyl groups is 1. The Labute approximate surface area is 123 Å². The standard InChI is InChI=1S/C14H22N2O3S/c1-4-14(3,7-8-17)16-13(19)12-6-5-11(20-12)9-15-10(2)18/h5-6,17H,4,7-9H2,1-3H3,(H,15,18)(H,16,19). The van der Waals surface area contributed by atoms with Crippen LogP contribution >= 0.6 is 11.3 Å². The van der Waals surface area contributed by atoms with Gasteiger partial charge < -0.3 is 15.7 Å². The first-order valence-corrected chi connectivity index (χ1v) is 7.48. The molecule has 0 radical (unpaired) electrons. The Morgan fingerprint density at radius 1 is 1.40 bits per heavy atom. The second-order valence-electron chi connectivity index (χ2n) is 5.02. The molecule has 1 heterocycles. The van der Waals surface area contributed by atoms with Crippen LogP contribution in [0.5, 0.6) is 0 Å². The quantitative estimate of drug-likeness (QED) is 0.716. The summed E-state index contributed by atoms with van der Waals surface area (Å²) in [5.41, 5.74) is -0.395. The molecular weight excluding hydrogens is 276 g/mol. The van der Waals surface area contributed by atoms with Gasteiger partial charge in [0.1, 0.15) is 0 Å². The number of hydrogen-bond acceptors (Lipinski definition) is 4. The zero-order chi connectivity index (χ0) is 15.2. The predicted molar refractivity (Wildman–Crippen MR) is 79.7 cm³/mol. The molecule has 1 aromatic heterocycles. The first kappa shape index (κ1) is 16.7. The molecule has 1 unspecified atom stereocenters. The fourth-order valence-electron chi connectivity index (χ4n) is 1.72. The Balaban J connectivity index is 2.65. The van der Waals surface area contributed by atoms with E-state index >= 15 is 0 Å². The number of nitrogens with one attached hydrogen (secondary N) is 2. The lowest BCUT2D eigenvalue weighted by Crippen LogP contribution is -2.45. The van der Waals surface area contributed by atoms with Crippen LogP contribution in [0.1, 0.15) is 48.2 Å². The van der Waals surface area contributed by atoms with Gasteiger partial charge in [0.05, 0.1) is 11.4 Å². The minimum atomic E-state index is -0.395. The maximum absolute atomic E-state index is 12.2. The smallest absolute Gasteiger partial charge is 0.261 e. The van der Waals surface area contributed by atoms with Crippen LogP contribution in [-0.2, 0) is 11.3 Å². The van der Waals surface area contributed by atoms with Crippen molar-refractivity contribution in [3.05, 3.63) is 21.9 Å². The van der Waals surface area contributed by atoms with E-state index in [1.54, 1.807) is 6.07 Å². The summed E-state index contributed by atoms with van der Waals surface area (Å²) in [6.45, 7) is 5.85. The summed E-state index contributed by atoms with van der Waals surface area (Å²) in [7, 11) is 0. The monoisotopic (exact) mass is 298 g/mol. The van der Waals surface area contributed by atoms with Crippen LogP contribution in [0.15, 0.2) is 12.1 Å². The minimum Gasteiger partial charge on any atom is -0.396 e. The SMILES string of the molecule is CCC(C)(CCO)NC(=O)c1ccc(CNC(C)=O)s1. The number of thiophene rings is 1. The number of amides is 2. The Bertz CT molecular complexity index is 473. The lowest BCUT2D eigenvalue weighted by Gasteiger charge is -2.28. The van der Waals surface area contributed by atoms with Crippen LogP contribution in [0.3, 0.4) is 0 Å². The highest BCUT2D eigenvalue weighted by Gasteiger charge is 2.24. The van der Waals surface area contributed by atoms with Crippen molar-refractivity contribution in [1.82, 2.24) is 10.6 Å². The fourth-order valence-corrected chi connectivity index (χ4v) is 2.56. The predicted octanol–water partition coefficient (Wildman–Crippen LogP) is 1.67. The van der Waals surface area contributed by atoms with Gasteiger partial charge in [0.15, 0.2) is 0 Å². The average Bonchev–Trinajstić information content (AvgIpc) is 2.85. The molecular formula is C14H22N2O3S. The molecule has 0 aliphatic rings. The molecule has 1 rings (SSSR count). The maximum Gasteiger partial charge on any atom is 0.261 e. The summed E-state index contributed by atoms with van der Waals surface area (Å²) < 4.78 is 0. The topological polar surface area (TPSA) is 78.4 Å². The van der Waals surface area contributed by atoms with Crippen LogP contribution < -0.4 is 10.6 Å². The van der Waals surface area contributed by atoms with Crippen LogP contribution in [0, 0.1) is 0 Å². The molecule has 0 aliphatic heterocycles. The number of carbonyl (C=O) groups excluding carboxylic acids is 2. The number of rotatable bonds is 7. The molecule has 112 valence electrons. The lowest BCUT2D eigenvalue weighted by molar-refractivity contribution is -0.119. The number of carbonyl (C=O) groups is 2. The van der Waals surface area contributed by atoms with E-state index in [2.05, 4.69) is 10.6 Å². The fraction of sp³-hybridized carbons (Fsp3) is 0.571. The van der Waals surface area contributed by atoms with E-state index in [0.29, 0.717) is 17.8 Å². The summed E-state index contributed by atoms with van der Waals surface area (Å²) in [5.74, 6) is -0.229. The molecule has 0 saturated heterocycles. The molecule has 3 N–H and O–H groups in total. The third kappa shape index (κ3) is 4.94. The van der Waals surface area contributed by atoms with Crippen LogP contribution in [-0.4, -0.2) is 29.1 Å². The Hall–Kier alpha value is -1.40. The van der Waals surface area contributed by atoms with Crippen molar-refractivity contribution >= 4 is 23.2 Å². The molecule has 5 nitrogen and oxygen atoms in total. The highest BCUT2D eigenvalue weighted by molar-refractivity contribution is 7.14. The van der Waals surface area contributed by atoms with Gasteiger partial charge in [-0.1, -0.05) is 6.92 Å². The zero-order valence-corrected chi connectivity index (χ0v) is 13.0. The lowest BCUT2D eigenvalue weighted by atomic mass is 9.95. The minimum absolute atomic E-state index is 0.0445. The van der Waals surface area contributed by atoms with E-state index in [0.717, 1.165) is 11.3 Å². The molecule has 6 heteroatoms. The summed E-state index contributed by atoms with van der Waals surface area (Å²) in [6, 6.07) is 3.59. The zero-order valence-electron chi connectivity index (χ0n) is 12.2. The number of hydrogen-bond donors (Lipinski definition) is 3. The Morgan fingerprint density at radius 3 is 2.65 bits per heavy atom. The van der Waals surface area contributed by atoms with Gasteiger partial charge in [-0.25, -0.2) is 0 Å². The third-order valence-electron chi connectivity index (χ3n) is 3.26. The van der Waals surface area contributed by atoms with E-state index in [9.17, 15) is 9.59 Å². The highest BCUT2D eigenvalue weighted by atomic mass is 32.1. The van der Waals surface area contributed by atoms with Gasteiger partial charge in [0.2, 0.25) is 5.91 Å². The normalized spacial score (nSPS) is 13.6. The van der Waals surface area contributed by atoms with Gasteiger partial charge in [0.25, 0.3) is 5.91 Å². The largest absolute Gasteiger partial charge is 0.396 e. The van der Waals surface area contributed by atoms with Gasteiger partial charge in [-0.2, -0.15) is 0 Å². The molecule has 1 atom stereocenters. The van der Waals surface area contributed by atoms with Crippen molar-refractivity contribution < 1.29 is 14.7 Å². The summed E-state index contributed by atoms with van der Waals surface area (Å²) in [6.07, 6.45) is 1.28. The van der Waals surface area contributed by atoms with Crippen molar-refractivity contribution in [2.45, 2.75) is 45.7 Å². The third-order valence-corrected chi connectivity index (χ3v) is 4.34. The van der Waals surface area contributed by atoms with Crippen molar-refractivity contribution in [2.24, 2.45) is 0 Å². The van der Waals surface area contributed by atoms with E-state index in [-0.39, 0.29) is 18.4 Å². The van der Waals surface area contributed by atoms with Gasteiger partial charge in [-0.3, -0.25) is 9.59 Å². The van der Waals surface area contributed by atoms with Gasteiger partial charge >= 0.3 is 0 Å². The van der Waals surface area contributed by atoms with Crippen molar-refractivity contribution in [3.8, 4) is 0 Å². The van der Waals surface area contributed by atoms with E-state index < -0.39 is 5.54 Å². The van der Waals surface area contributed by atoms with Crippen LogP contribution in [0.25, 0.3) is 0 Å². The van der Waals surface area contributed by atoms with E-state index in [4.69, 9.17) is 5.11 Å². The molecule has 0 aromatic carbocycles. The first-order chi connectivity index (χ1) is 9.40. The highest BCUT2D eigenvalue weighted by Crippen LogP contribution is 2.19. The summed E-state index contributed by atoms with van der Waals surface area (Å²) in [5, 5.41) is 14.7. The Kier molecular flexibility index (Phi) is 6.16. The van der Waals surface area contributed by atoms with Gasteiger partial charge in [-0.05, 0) is 31.9 Å². The summed E-state index contributed by atoms with van der Waals surface area (Å²) >= 11 is 1.36. The summed E-state index contributed by atoms with van der Waals surface area (Å²) in [4.78, 5) is 24.6. The van der Waals surface area contributed by atoms with E-state index in [1.165, 1.54) is 18.3 Å². The molecule has 0 spiro atoms. The molecule has 20 heavy (non-hydrogen) atoms. The maximum atomic E-state index is 12.2. The van der Waals surface area contributed by atoms with Crippen molar-refractivity contribution in [3.63, 3.8) is 0 Å². The van der Waals surface area contributed by atoms with Crippen LogP contribution in [0.2, 0.25) is 0 Å². The average molecular weight is 298 g/mol. The first-order valence-electron chi connectivity index (χ1n) is 6.66. The molecule has 0 fully saturated rings. The molecule has 0 aliphatic carbocycles. The van der Waals surface area contributed by atoms with Gasteiger partial charge in [-0.15, -0.1) is 11.3 Å². The van der Waals surface area contributed by atoms with Crippen molar-refractivity contribution in [1.29, 1.82) is 0 Å². The number of aliphatic hydroxyl groups excluding tert-OH is 1.